The maximum Gasteiger partial charge on any atom is 0.243 e. The molecule has 1 heterocycles. The molecule has 3 aliphatic carbocycles. The van der Waals surface area contributed by atoms with Gasteiger partial charge in [0, 0.05) is 13.1 Å². The van der Waals surface area contributed by atoms with Crippen LogP contribution in [0.1, 0.15) is 18.4 Å². The molecular weight excluding hydrogens is 481 g/mol. The first-order valence-electron chi connectivity index (χ1n) is 10.1. The second-order valence-electron chi connectivity index (χ2n) is 8.43. The molecule has 0 atom stereocenters. The number of hydrogen-bond acceptors (Lipinski definition) is 6. The van der Waals surface area contributed by atoms with E-state index in [0.717, 1.165) is 5.56 Å². The van der Waals surface area contributed by atoms with Crippen LogP contribution in [0.15, 0.2) is 52.5 Å². The van der Waals surface area contributed by atoms with Gasteiger partial charge in [0.25, 0.3) is 0 Å². The lowest BCUT2D eigenvalue weighted by Crippen LogP contribution is -2.68. The Morgan fingerprint density at radius 3 is 1.73 bits per heavy atom. The zero-order chi connectivity index (χ0) is 24.3. The predicted octanol–water partition coefficient (Wildman–Crippen LogP) is 3.68. The molecule has 1 aromatic rings. The van der Waals surface area contributed by atoms with E-state index in [0.29, 0.717) is 11.1 Å². The van der Waals surface area contributed by atoms with E-state index >= 15 is 0 Å². The lowest BCUT2D eigenvalue weighted by Gasteiger charge is -2.58. The van der Waals surface area contributed by atoms with Crippen LogP contribution in [0, 0.1) is 63.1 Å². The largest absolute Gasteiger partial charge is 0.243 e. The molecule has 0 N–H and O–H groups in total. The van der Waals surface area contributed by atoms with Gasteiger partial charge in [0.1, 0.15) is 9.75 Å². The van der Waals surface area contributed by atoms with Gasteiger partial charge in [0.05, 0.1) is 29.2 Å². The molecule has 0 radical (unpaired) electrons. The van der Waals surface area contributed by atoms with Crippen molar-refractivity contribution < 1.29 is 8.42 Å². The molecule has 0 aromatic heterocycles. The highest BCUT2D eigenvalue weighted by Gasteiger charge is 2.79. The van der Waals surface area contributed by atoms with Gasteiger partial charge in [-0.25, -0.2) is 8.42 Å². The quantitative estimate of drug-likeness (QED) is 0.451. The van der Waals surface area contributed by atoms with E-state index in [2.05, 4.69) is 0 Å². The highest BCUT2D eigenvalue weighted by atomic mass is 35.5. The summed E-state index contributed by atoms with van der Waals surface area (Å²) in [5, 5.41) is 40.2. The van der Waals surface area contributed by atoms with Gasteiger partial charge in [-0.3, -0.25) is 0 Å². The number of benzene rings is 1. The Labute approximate surface area is 202 Å². The topological polar surface area (TPSA) is 133 Å². The first-order chi connectivity index (χ1) is 15.5. The molecule has 5 rings (SSSR count). The number of allylic oxidation sites excluding steroid dienone is 2. The van der Waals surface area contributed by atoms with E-state index in [1.807, 2.05) is 31.2 Å². The van der Waals surface area contributed by atoms with E-state index < -0.39 is 30.6 Å². The summed E-state index contributed by atoms with van der Waals surface area (Å²) >= 11 is 13.9. The Kier molecular flexibility index (Phi) is 5.18. The standard InChI is InChI=1S/C23H17Cl2N5O2S/c1-16-2-4-19(5-3-16)33(31,32)30-8-6-17-10-22(24)11-18(7-9-30)23(17,25)21(14-28,15-29)20(22,12-26)13-27/h2-5,10-11H,6-9H2,1H3. The van der Waals surface area contributed by atoms with Gasteiger partial charge in [-0.1, -0.05) is 29.8 Å². The minimum atomic E-state index is -3.80. The lowest BCUT2D eigenvalue weighted by molar-refractivity contribution is 0.185. The molecule has 0 spiro atoms. The van der Waals surface area contributed by atoms with Gasteiger partial charge in [0.2, 0.25) is 20.9 Å². The van der Waals surface area contributed by atoms with Crippen LogP contribution in [0.4, 0.5) is 0 Å². The van der Waals surface area contributed by atoms with Gasteiger partial charge in [-0.05, 0) is 43.0 Å². The second kappa shape index (κ2) is 7.33. The van der Waals surface area contributed by atoms with E-state index in [9.17, 15) is 29.5 Å². The van der Waals surface area contributed by atoms with E-state index in [4.69, 9.17) is 23.2 Å². The average Bonchev–Trinajstić information content (AvgIpc) is 2.79. The van der Waals surface area contributed by atoms with Crippen LogP contribution in [0.5, 0.6) is 0 Å². The number of alkyl halides is 2. The van der Waals surface area contributed by atoms with Crippen molar-refractivity contribution in [2.45, 2.75) is 34.4 Å². The summed E-state index contributed by atoms with van der Waals surface area (Å²) in [4.78, 5) is -3.35. The summed E-state index contributed by atoms with van der Waals surface area (Å²) in [5.41, 5.74) is -2.86. The van der Waals surface area contributed by atoms with Crippen LogP contribution in [0.2, 0.25) is 0 Å². The molecule has 7 nitrogen and oxygen atoms in total. The van der Waals surface area contributed by atoms with E-state index in [1.165, 1.54) is 16.5 Å². The van der Waals surface area contributed by atoms with Crippen molar-refractivity contribution in [3.63, 3.8) is 0 Å². The summed E-state index contributed by atoms with van der Waals surface area (Å²) < 4.78 is 27.9. The highest BCUT2D eigenvalue weighted by molar-refractivity contribution is 7.89. The number of nitrogens with zero attached hydrogens (tertiary/aromatic N) is 5. The zero-order valence-electron chi connectivity index (χ0n) is 17.5. The third-order valence-corrected chi connectivity index (χ3v) is 10.1. The molecule has 166 valence electrons. The number of nitriles is 4. The molecular formula is C23H17Cl2N5O2S. The molecule has 1 aromatic carbocycles. The summed E-state index contributed by atoms with van der Waals surface area (Å²) in [7, 11) is -3.80. The minimum absolute atomic E-state index is 0.0375. The van der Waals surface area contributed by atoms with Crippen molar-refractivity contribution in [3.05, 3.63) is 53.1 Å². The van der Waals surface area contributed by atoms with Gasteiger partial charge in [-0.2, -0.15) is 25.4 Å². The summed E-state index contributed by atoms with van der Waals surface area (Å²) in [6.45, 7) is 1.94. The van der Waals surface area contributed by atoms with E-state index in [1.54, 1.807) is 24.3 Å². The van der Waals surface area contributed by atoms with Crippen LogP contribution in [0.25, 0.3) is 0 Å². The third kappa shape index (κ3) is 2.64. The Balaban J connectivity index is 1.84. The Morgan fingerprint density at radius 1 is 0.848 bits per heavy atom. The Morgan fingerprint density at radius 2 is 1.30 bits per heavy atom. The minimum Gasteiger partial charge on any atom is -0.207 e. The summed E-state index contributed by atoms with van der Waals surface area (Å²) in [6, 6.07) is 13.9. The lowest BCUT2D eigenvalue weighted by atomic mass is 9.44. The van der Waals surface area contributed by atoms with Crippen LogP contribution < -0.4 is 0 Å². The first kappa shape index (κ1) is 23.3. The smallest absolute Gasteiger partial charge is 0.207 e. The monoisotopic (exact) mass is 497 g/mol. The normalized spacial score (nSPS) is 23.8. The number of aryl methyl sites for hydroxylation is 1. The summed E-state index contributed by atoms with van der Waals surface area (Å²) in [6.07, 6.45) is 3.07. The predicted molar refractivity (Wildman–Crippen MR) is 120 cm³/mol. The van der Waals surface area contributed by atoms with Gasteiger partial charge < -0.3 is 0 Å². The van der Waals surface area contributed by atoms with Crippen LogP contribution in [-0.4, -0.2) is 35.6 Å². The highest BCUT2D eigenvalue weighted by Crippen LogP contribution is 2.70. The van der Waals surface area contributed by atoms with Crippen molar-refractivity contribution in [3.8, 4) is 24.3 Å². The molecule has 1 aliphatic heterocycles. The fourth-order valence-corrected chi connectivity index (χ4v) is 7.55. The number of fused-ring (bicyclic) bond motifs is 1. The molecule has 0 amide bonds. The van der Waals surface area contributed by atoms with Crippen molar-refractivity contribution in [2.24, 2.45) is 10.8 Å². The van der Waals surface area contributed by atoms with Gasteiger partial charge in [0.15, 0.2) is 0 Å². The Bertz CT molecular complexity index is 1330. The van der Waals surface area contributed by atoms with Crippen molar-refractivity contribution in [2.75, 3.05) is 13.1 Å². The molecule has 1 saturated heterocycles. The average molecular weight is 498 g/mol. The van der Waals surface area contributed by atoms with Crippen LogP contribution in [-0.2, 0) is 10.0 Å². The second-order valence-corrected chi connectivity index (χ2v) is 11.6. The number of hydrogen-bond donors (Lipinski definition) is 0. The van der Waals surface area contributed by atoms with Crippen LogP contribution >= 0.6 is 23.2 Å². The maximum absolute atomic E-state index is 13.3. The molecule has 10 heteroatoms. The fourth-order valence-electron chi connectivity index (χ4n) is 5.10. The van der Waals surface area contributed by atoms with Gasteiger partial charge >= 0.3 is 0 Å². The summed E-state index contributed by atoms with van der Waals surface area (Å²) in [5.74, 6) is 0. The molecule has 4 bridgehead atoms. The van der Waals surface area contributed by atoms with Crippen molar-refractivity contribution in [1.82, 2.24) is 4.31 Å². The number of sulfonamides is 1. The number of halogens is 2. The molecule has 0 saturated carbocycles. The van der Waals surface area contributed by atoms with Crippen molar-refractivity contribution >= 4 is 33.2 Å². The third-order valence-electron chi connectivity index (χ3n) is 6.90. The van der Waals surface area contributed by atoms with Crippen LogP contribution in [0.3, 0.4) is 0 Å². The van der Waals surface area contributed by atoms with Crippen molar-refractivity contribution in [1.29, 1.82) is 21.0 Å². The molecule has 1 fully saturated rings. The van der Waals surface area contributed by atoms with E-state index in [-0.39, 0.29) is 30.8 Å². The maximum atomic E-state index is 13.3. The van der Waals surface area contributed by atoms with Gasteiger partial charge in [-0.15, -0.1) is 23.2 Å². The Hall–Kier alpha value is -2.85. The molecule has 4 aliphatic rings. The molecule has 33 heavy (non-hydrogen) atoms. The fraction of sp³-hybridized carbons (Fsp3) is 0.391. The molecule has 0 unspecified atom stereocenters. The number of rotatable bonds is 2. The zero-order valence-corrected chi connectivity index (χ0v) is 19.8. The SMILES string of the molecule is Cc1ccc(S(=O)(=O)N2CCC3=CC4(Cl)C=C(CC2)C3(Cl)C(C#N)(C#N)C4(C#N)C#N)cc1. The first-order valence-corrected chi connectivity index (χ1v) is 12.3.